The largest absolute Gasteiger partial charge is 0.383 e. The van der Waals surface area contributed by atoms with Crippen molar-refractivity contribution in [3.63, 3.8) is 0 Å². The standard InChI is InChI=1S/C23H24FN7O/c1-23(6-7-23)18-9-19(32-30-18)27-11-26-17-5-2-13(8-16(17)24)15-10-31(14-3-4-14)22-20(15)21(25)28-12-29-22/h2,5,8-10,12,14,26-27H,3-4,6-7,11H2,1H3,(H2,25,28,29). The quantitative estimate of drug-likeness (QED) is 0.363. The summed E-state index contributed by atoms with van der Waals surface area (Å²) in [5.41, 5.74) is 10.0. The van der Waals surface area contributed by atoms with Crippen LogP contribution in [-0.2, 0) is 5.41 Å². The van der Waals surface area contributed by atoms with E-state index in [9.17, 15) is 4.39 Å². The smallest absolute Gasteiger partial charge is 0.226 e. The summed E-state index contributed by atoms with van der Waals surface area (Å²) < 4.78 is 22.4. The van der Waals surface area contributed by atoms with Crippen LogP contribution in [0.4, 0.5) is 21.8 Å². The van der Waals surface area contributed by atoms with Crippen LogP contribution in [0.25, 0.3) is 22.2 Å². The Kier molecular flexibility index (Phi) is 4.14. The molecule has 0 saturated heterocycles. The predicted molar refractivity (Wildman–Crippen MR) is 121 cm³/mol. The highest BCUT2D eigenvalue weighted by Crippen LogP contribution is 2.47. The van der Waals surface area contributed by atoms with E-state index < -0.39 is 0 Å². The van der Waals surface area contributed by atoms with Gasteiger partial charge in [0.05, 0.1) is 23.4 Å². The second-order valence-electron chi connectivity index (χ2n) is 9.00. The molecule has 0 bridgehead atoms. The van der Waals surface area contributed by atoms with Crippen LogP contribution in [0.2, 0.25) is 0 Å². The van der Waals surface area contributed by atoms with Gasteiger partial charge in [0.2, 0.25) is 5.88 Å². The molecule has 1 aromatic carbocycles. The number of hydrogen-bond acceptors (Lipinski definition) is 7. The topological polar surface area (TPSA) is 107 Å². The average Bonchev–Trinajstić information content (AvgIpc) is 3.68. The Morgan fingerprint density at radius 2 is 2.06 bits per heavy atom. The summed E-state index contributed by atoms with van der Waals surface area (Å²) >= 11 is 0. The lowest BCUT2D eigenvalue weighted by molar-refractivity contribution is 0.417. The number of nitrogens with two attached hydrogens (primary N) is 1. The van der Waals surface area contributed by atoms with Gasteiger partial charge in [-0.05, 0) is 43.4 Å². The highest BCUT2D eigenvalue weighted by Gasteiger charge is 2.42. The highest BCUT2D eigenvalue weighted by atomic mass is 19.1. The minimum Gasteiger partial charge on any atom is -0.383 e. The number of rotatable bonds is 7. The Morgan fingerprint density at radius 3 is 2.81 bits per heavy atom. The first kappa shape index (κ1) is 19.1. The zero-order chi connectivity index (χ0) is 21.9. The van der Waals surface area contributed by atoms with Crippen LogP contribution in [0, 0.1) is 5.82 Å². The Balaban J connectivity index is 1.21. The van der Waals surface area contributed by atoms with Gasteiger partial charge >= 0.3 is 0 Å². The number of hydrogen-bond donors (Lipinski definition) is 3. The second kappa shape index (κ2) is 6.94. The molecular weight excluding hydrogens is 409 g/mol. The first-order valence-corrected chi connectivity index (χ1v) is 10.9. The summed E-state index contributed by atoms with van der Waals surface area (Å²) in [5, 5.41) is 11.1. The molecule has 2 fully saturated rings. The third kappa shape index (κ3) is 3.24. The van der Waals surface area contributed by atoms with E-state index in [1.807, 2.05) is 18.3 Å². The molecule has 2 aliphatic carbocycles. The second-order valence-corrected chi connectivity index (χ2v) is 9.00. The zero-order valence-corrected chi connectivity index (χ0v) is 17.7. The first-order chi connectivity index (χ1) is 15.5. The SMILES string of the molecule is CC1(c2cc(NCNc3ccc(-c4cn(C5CC5)c5ncnc(N)c45)cc3F)on2)CC1. The molecular formula is C23H24FN7O. The minimum atomic E-state index is -0.351. The Hall–Kier alpha value is -3.62. The van der Waals surface area contributed by atoms with Gasteiger partial charge in [0.15, 0.2) is 0 Å². The molecule has 3 heterocycles. The number of nitrogens with zero attached hydrogens (tertiary/aromatic N) is 4. The van der Waals surface area contributed by atoms with Crippen LogP contribution in [0.1, 0.15) is 44.3 Å². The van der Waals surface area contributed by atoms with E-state index in [1.165, 1.54) is 12.4 Å². The first-order valence-electron chi connectivity index (χ1n) is 10.9. The molecule has 2 aliphatic rings. The van der Waals surface area contributed by atoms with E-state index in [0.29, 0.717) is 30.1 Å². The highest BCUT2D eigenvalue weighted by molar-refractivity contribution is 6.00. The van der Waals surface area contributed by atoms with Crippen LogP contribution in [0.3, 0.4) is 0 Å². The third-order valence-electron chi connectivity index (χ3n) is 6.53. The molecule has 3 aromatic heterocycles. The van der Waals surface area contributed by atoms with Gasteiger partial charge in [-0.1, -0.05) is 18.1 Å². The van der Waals surface area contributed by atoms with Gasteiger partial charge < -0.3 is 25.5 Å². The van der Waals surface area contributed by atoms with Gasteiger partial charge in [0.25, 0.3) is 0 Å². The number of halogens is 1. The lowest BCUT2D eigenvalue weighted by Gasteiger charge is -2.09. The fraction of sp³-hybridized carbons (Fsp3) is 0.348. The molecule has 2 saturated carbocycles. The van der Waals surface area contributed by atoms with Crippen molar-refractivity contribution in [1.82, 2.24) is 19.7 Å². The van der Waals surface area contributed by atoms with E-state index in [4.69, 9.17) is 10.3 Å². The minimum absolute atomic E-state index is 0.149. The van der Waals surface area contributed by atoms with Crippen molar-refractivity contribution in [2.75, 3.05) is 23.0 Å². The van der Waals surface area contributed by atoms with Gasteiger partial charge in [-0.15, -0.1) is 0 Å². The van der Waals surface area contributed by atoms with Crippen molar-refractivity contribution in [3.8, 4) is 11.1 Å². The van der Waals surface area contributed by atoms with Gasteiger partial charge in [-0.25, -0.2) is 14.4 Å². The number of anilines is 3. The molecule has 0 spiro atoms. The molecule has 32 heavy (non-hydrogen) atoms. The summed E-state index contributed by atoms with van der Waals surface area (Å²) in [6.07, 6.45) is 7.98. The van der Waals surface area contributed by atoms with Gasteiger partial charge in [0.1, 0.15) is 23.6 Å². The number of nitrogens with one attached hydrogen (secondary N) is 2. The number of aromatic nitrogens is 4. The molecule has 0 radical (unpaired) electrons. The normalized spacial score (nSPS) is 16.9. The zero-order valence-electron chi connectivity index (χ0n) is 17.7. The predicted octanol–water partition coefficient (Wildman–Crippen LogP) is 4.68. The lowest BCUT2D eigenvalue weighted by Crippen LogP contribution is -2.12. The summed E-state index contributed by atoms with van der Waals surface area (Å²) in [6.45, 7) is 2.48. The van der Waals surface area contributed by atoms with Crippen molar-refractivity contribution in [2.24, 2.45) is 0 Å². The Labute approximate surface area is 184 Å². The van der Waals surface area contributed by atoms with Crippen molar-refractivity contribution in [3.05, 3.63) is 48.3 Å². The summed E-state index contributed by atoms with van der Waals surface area (Å²) in [5.74, 6) is 0.625. The van der Waals surface area contributed by atoms with Crippen molar-refractivity contribution in [2.45, 2.75) is 44.1 Å². The summed E-state index contributed by atoms with van der Waals surface area (Å²) in [7, 11) is 0. The van der Waals surface area contributed by atoms with Crippen molar-refractivity contribution < 1.29 is 8.91 Å². The van der Waals surface area contributed by atoms with E-state index in [-0.39, 0.29) is 11.2 Å². The van der Waals surface area contributed by atoms with Crippen LogP contribution >= 0.6 is 0 Å². The molecule has 0 amide bonds. The van der Waals surface area contributed by atoms with Crippen LogP contribution in [0.15, 0.2) is 41.3 Å². The van der Waals surface area contributed by atoms with Crippen molar-refractivity contribution >= 4 is 28.4 Å². The molecule has 9 heteroatoms. The molecule has 4 aromatic rings. The van der Waals surface area contributed by atoms with Crippen molar-refractivity contribution in [1.29, 1.82) is 0 Å². The fourth-order valence-corrected chi connectivity index (χ4v) is 4.10. The molecule has 164 valence electrons. The van der Waals surface area contributed by atoms with Gasteiger partial charge in [-0.3, -0.25) is 0 Å². The Morgan fingerprint density at radius 1 is 1.22 bits per heavy atom. The number of nitrogen functional groups attached to an aromatic ring is 1. The van der Waals surface area contributed by atoms with Crippen LogP contribution < -0.4 is 16.4 Å². The Bertz CT molecular complexity index is 1320. The van der Waals surface area contributed by atoms with Crippen LogP contribution in [-0.4, -0.2) is 26.4 Å². The molecule has 0 unspecified atom stereocenters. The molecule has 8 nitrogen and oxygen atoms in total. The molecule has 0 atom stereocenters. The monoisotopic (exact) mass is 433 g/mol. The average molecular weight is 433 g/mol. The van der Waals surface area contributed by atoms with E-state index in [2.05, 4.69) is 37.2 Å². The molecule has 0 aliphatic heterocycles. The lowest BCUT2D eigenvalue weighted by atomic mass is 10.1. The van der Waals surface area contributed by atoms with Crippen LogP contribution in [0.5, 0.6) is 0 Å². The van der Waals surface area contributed by atoms with E-state index in [0.717, 1.165) is 53.5 Å². The van der Waals surface area contributed by atoms with E-state index in [1.54, 1.807) is 6.07 Å². The number of fused-ring (bicyclic) bond motifs is 1. The van der Waals surface area contributed by atoms with Gasteiger partial charge in [-0.2, -0.15) is 0 Å². The van der Waals surface area contributed by atoms with E-state index >= 15 is 0 Å². The number of benzene rings is 1. The maximum Gasteiger partial charge on any atom is 0.226 e. The molecule has 6 rings (SSSR count). The fourth-order valence-electron chi connectivity index (χ4n) is 4.10. The summed E-state index contributed by atoms with van der Waals surface area (Å²) in [4.78, 5) is 8.56. The molecule has 4 N–H and O–H groups in total. The maximum atomic E-state index is 14.9. The van der Waals surface area contributed by atoms with Gasteiger partial charge in [0, 0.05) is 29.3 Å². The summed E-state index contributed by atoms with van der Waals surface area (Å²) in [6, 6.07) is 7.46. The third-order valence-corrected chi connectivity index (χ3v) is 6.53. The maximum absolute atomic E-state index is 14.9.